The van der Waals surface area contributed by atoms with E-state index in [-0.39, 0.29) is 16.9 Å². The summed E-state index contributed by atoms with van der Waals surface area (Å²) in [5.74, 6) is -1.35. The third-order valence-corrected chi connectivity index (χ3v) is 3.41. The van der Waals surface area contributed by atoms with E-state index >= 15 is 0 Å². The first-order valence-electron chi connectivity index (χ1n) is 6.33. The summed E-state index contributed by atoms with van der Waals surface area (Å²) in [6, 6.07) is 6.38. The van der Waals surface area contributed by atoms with Gasteiger partial charge in [-0.3, -0.25) is 0 Å². The number of aryl methyl sites for hydroxylation is 2. The zero-order valence-electron chi connectivity index (χ0n) is 11.6. The summed E-state index contributed by atoms with van der Waals surface area (Å²) >= 11 is 0. The standard InChI is InChI=1S/C16H16F3N/c1-9-4-5-11(7-13(9)17)16(20-3)12-8-14(18)10(2)6-15(12)19/h4-8,16,20H,1-3H3. The van der Waals surface area contributed by atoms with Crippen molar-refractivity contribution in [3.8, 4) is 0 Å². The largest absolute Gasteiger partial charge is 0.309 e. The summed E-state index contributed by atoms with van der Waals surface area (Å²) in [6.45, 7) is 3.15. The highest BCUT2D eigenvalue weighted by atomic mass is 19.1. The Morgan fingerprint density at radius 3 is 2.10 bits per heavy atom. The molecule has 0 aliphatic heterocycles. The van der Waals surface area contributed by atoms with Gasteiger partial charge in [-0.2, -0.15) is 0 Å². The molecule has 0 aliphatic carbocycles. The Labute approximate surface area is 116 Å². The summed E-state index contributed by atoms with van der Waals surface area (Å²) in [5.41, 5.74) is 1.48. The van der Waals surface area contributed by atoms with Gasteiger partial charge < -0.3 is 5.32 Å². The molecule has 0 aliphatic rings. The number of halogens is 3. The third kappa shape index (κ3) is 2.70. The highest BCUT2D eigenvalue weighted by Crippen LogP contribution is 2.27. The Balaban J connectivity index is 2.52. The highest BCUT2D eigenvalue weighted by molar-refractivity contribution is 5.36. The molecule has 0 heterocycles. The lowest BCUT2D eigenvalue weighted by atomic mass is 9.96. The van der Waals surface area contributed by atoms with Crippen LogP contribution in [0.2, 0.25) is 0 Å². The number of hydrogen-bond acceptors (Lipinski definition) is 1. The minimum Gasteiger partial charge on any atom is -0.309 e. The van der Waals surface area contributed by atoms with Crippen molar-refractivity contribution in [2.45, 2.75) is 19.9 Å². The van der Waals surface area contributed by atoms with Crippen molar-refractivity contribution in [2.75, 3.05) is 7.05 Å². The fourth-order valence-corrected chi connectivity index (χ4v) is 2.17. The second-order valence-electron chi connectivity index (χ2n) is 4.85. The van der Waals surface area contributed by atoms with Crippen LogP contribution in [0.5, 0.6) is 0 Å². The Bertz CT molecular complexity index is 638. The molecule has 0 radical (unpaired) electrons. The molecule has 1 N–H and O–H groups in total. The maximum atomic E-state index is 14.0. The second-order valence-corrected chi connectivity index (χ2v) is 4.85. The average Bonchev–Trinajstić information content (AvgIpc) is 2.40. The maximum absolute atomic E-state index is 14.0. The van der Waals surface area contributed by atoms with E-state index in [2.05, 4.69) is 5.32 Å². The zero-order valence-corrected chi connectivity index (χ0v) is 11.6. The number of rotatable bonds is 3. The fourth-order valence-electron chi connectivity index (χ4n) is 2.17. The van der Waals surface area contributed by atoms with Gasteiger partial charge in [0.05, 0.1) is 6.04 Å². The fraction of sp³-hybridized carbons (Fsp3) is 0.250. The van der Waals surface area contributed by atoms with Crippen molar-refractivity contribution in [3.63, 3.8) is 0 Å². The van der Waals surface area contributed by atoms with Gasteiger partial charge in [-0.15, -0.1) is 0 Å². The van der Waals surface area contributed by atoms with E-state index in [1.807, 2.05) is 0 Å². The van der Waals surface area contributed by atoms with E-state index in [1.165, 1.54) is 13.0 Å². The molecule has 1 atom stereocenters. The molecule has 4 heteroatoms. The summed E-state index contributed by atoms with van der Waals surface area (Å²) in [7, 11) is 1.62. The van der Waals surface area contributed by atoms with Crippen LogP contribution in [0.3, 0.4) is 0 Å². The van der Waals surface area contributed by atoms with Crippen molar-refractivity contribution in [1.82, 2.24) is 5.32 Å². The molecule has 0 aromatic heterocycles. The molecule has 2 aromatic carbocycles. The van der Waals surface area contributed by atoms with Crippen LogP contribution in [0.4, 0.5) is 13.2 Å². The van der Waals surface area contributed by atoms with Crippen LogP contribution in [0.1, 0.15) is 28.3 Å². The maximum Gasteiger partial charge on any atom is 0.128 e. The van der Waals surface area contributed by atoms with Gasteiger partial charge in [0.2, 0.25) is 0 Å². The summed E-state index contributed by atoms with van der Waals surface area (Å²) in [5, 5.41) is 2.90. The molecule has 0 spiro atoms. The average molecular weight is 279 g/mol. The third-order valence-electron chi connectivity index (χ3n) is 3.41. The number of nitrogens with one attached hydrogen (secondary N) is 1. The van der Waals surface area contributed by atoms with E-state index in [9.17, 15) is 13.2 Å². The van der Waals surface area contributed by atoms with Gasteiger partial charge in [-0.25, -0.2) is 13.2 Å². The van der Waals surface area contributed by atoms with Gasteiger partial charge in [0.15, 0.2) is 0 Å². The normalized spacial score (nSPS) is 12.5. The first-order chi connectivity index (χ1) is 9.43. The molecule has 106 valence electrons. The smallest absolute Gasteiger partial charge is 0.128 e. The lowest BCUT2D eigenvalue weighted by Gasteiger charge is -2.19. The van der Waals surface area contributed by atoms with Crippen LogP contribution >= 0.6 is 0 Å². The van der Waals surface area contributed by atoms with Gasteiger partial charge in [0.1, 0.15) is 17.5 Å². The topological polar surface area (TPSA) is 12.0 Å². The predicted octanol–water partition coefficient (Wildman–Crippen LogP) is 4.03. The van der Waals surface area contributed by atoms with Gasteiger partial charge >= 0.3 is 0 Å². The molecule has 1 unspecified atom stereocenters. The Hall–Kier alpha value is -1.81. The van der Waals surface area contributed by atoms with Crippen LogP contribution in [-0.2, 0) is 0 Å². The molecule has 0 saturated heterocycles. The van der Waals surface area contributed by atoms with Gasteiger partial charge in [0.25, 0.3) is 0 Å². The summed E-state index contributed by atoms with van der Waals surface area (Å²) in [4.78, 5) is 0. The van der Waals surface area contributed by atoms with E-state index in [0.29, 0.717) is 11.1 Å². The van der Waals surface area contributed by atoms with Crippen LogP contribution in [0.15, 0.2) is 30.3 Å². The van der Waals surface area contributed by atoms with Crippen molar-refractivity contribution < 1.29 is 13.2 Å². The van der Waals surface area contributed by atoms with E-state index < -0.39 is 17.7 Å². The zero-order chi connectivity index (χ0) is 14.9. The molecule has 2 rings (SSSR count). The quantitative estimate of drug-likeness (QED) is 0.894. The Morgan fingerprint density at radius 1 is 0.850 bits per heavy atom. The molecule has 1 nitrogen and oxygen atoms in total. The molecule has 0 fully saturated rings. The first kappa shape index (κ1) is 14.6. The van der Waals surface area contributed by atoms with Gasteiger partial charge in [0, 0.05) is 5.56 Å². The molecule has 20 heavy (non-hydrogen) atoms. The minimum absolute atomic E-state index is 0.166. The van der Waals surface area contributed by atoms with Gasteiger partial charge in [-0.05, 0) is 55.8 Å². The van der Waals surface area contributed by atoms with E-state index in [1.54, 1.807) is 26.1 Å². The summed E-state index contributed by atoms with van der Waals surface area (Å²) < 4.78 is 41.3. The van der Waals surface area contributed by atoms with Crippen LogP contribution in [-0.4, -0.2) is 7.05 Å². The molecule has 0 saturated carbocycles. The van der Waals surface area contributed by atoms with Crippen LogP contribution in [0.25, 0.3) is 0 Å². The molecule has 2 aromatic rings. The van der Waals surface area contributed by atoms with Crippen molar-refractivity contribution in [3.05, 3.63) is 70.0 Å². The van der Waals surface area contributed by atoms with E-state index in [4.69, 9.17) is 0 Å². The van der Waals surface area contributed by atoms with Crippen molar-refractivity contribution >= 4 is 0 Å². The van der Waals surface area contributed by atoms with Gasteiger partial charge in [-0.1, -0.05) is 12.1 Å². The number of benzene rings is 2. The van der Waals surface area contributed by atoms with E-state index in [0.717, 1.165) is 12.1 Å². The monoisotopic (exact) mass is 279 g/mol. The lowest BCUT2D eigenvalue weighted by Crippen LogP contribution is -2.19. The first-order valence-corrected chi connectivity index (χ1v) is 6.33. The van der Waals surface area contributed by atoms with Crippen LogP contribution in [0, 0.1) is 31.3 Å². The number of hydrogen-bond donors (Lipinski definition) is 1. The molecule has 0 amide bonds. The van der Waals surface area contributed by atoms with Crippen molar-refractivity contribution in [1.29, 1.82) is 0 Å². The Kier molecular flexibility index (Phi) is 4.14. The SMILES string of the molecule is CNC(c1ccc(C)c(F)c1)c1cc(F)c(C)cc1F. The summed E-state index contributed by atoms with van der Waals surface area (Å²) in [6.07, 6.45) is 0. The Morgan fingerprint density at radius 2 is 1.50 bits per heavy atom. The minimum atomic E-state index is -0.597. The van der Waals surface area contributed by atoms with Crippen molar-refractivity contribution in [2.24, 2.45) is 0 Å². The molecule has 0 bridgehead atoms. The molecular weight excluding hydrogens is 263 g/mol. The molecular formula is C16H16F3N. The lowest BCUT2D eigenvalue weighted by molar-refractivity contribution is 0.551. The predicted molar refractivity (Wildman–Crippen MR) is 73.1 cm³/mol. The second kappa shape index (κ2) is 5.67. The van der Waals surface area contributed by atoms with Crippen LogP contribution < -0.4 is 5.32 Å². The highest BCUT2D eigenvalue weighted by Gasteiger charge is 2.19.